The number of rotatable bonds is 4. The Morgan fingerprint density at radius 3 is 2.12 bits per heavy atom. The quantitative estimate of drug-likeness (QED) is 0.818. The molecule has 0 saturated carbocycles. The van der Waals surface area contributed by atoms with Crippen LogP contribution in [0.3, 0.4) is 0 Å². The van der Waals surface area contributed by atoms with Crippen LogP contribution in [0, 0.1) is 13.8 Å². The van der Waals surface area contributed by atoms with Crippen molar-refractivity contribution in [2.45, 2.75) is 25.7 Å². The van der Waals surface area contributed by atoms with E-state index in [2.05, 4.69) is 10.0 Å². The van der Waals surface area contributed by atoms with Gasteiger partial charge in [0.25, 0.3) is 10.0 Å². The van der Waals surface area contributed by atoms with Crippen LogP contribution < -0.4 is 10.0 Å². The number of aryl methyl sites for hydroxylation is 1. The van der Waals surface area contributed by atoms with Crippen LogP contribution >= 0.6 is 23.2 Å². The largest absolute Gasteiger partial charge is 0.326 e. The number of halogens is 2. The van der Waals surface area contributed by atoms with Gasteiger partial charge in [0.2, 0.25) is 5.91 Å². The molecule has 1 amide bonds. The van der Waals surface area contributed by atoms with E-state index in [0.29, 0.717) is 27.5 Å². The molecular formula is C16H16Cl2N2O3S. The first-order chi connectivity index (χ1) is 11.1. The molecule has 2 rings (SSSR count). The summed E-state index contributed by atoms with van der Waals surface area (Å²) in [6.07, 6.45) is 0. The average molecular weight is 387 g/mol. The van der Waals surface area contributed by atoms with E-state index >= 15 is 0 Å². The molecule has 2 aromatic carbocycles. The third kappa shape index (κ3) is 4.01. The van der Waals surface area contributed by atoms with Crippen molar-refractivity contribution in [1.29, 1.82) is 0 Å². The minimum Gasteiger partial charge on any atom is -0.326 e. The third-order valence-corrected chi connectivity index (χ3v) is 5.86. The number of hydrogen-bond donors (Lipinski definition) is 2. The summed E-state index contributed by atoms with van der Waals surface area (Å²) >= 11 is 12.3. The molecular weight excluding hydrogens is 371 g/mol. The molecule has 0 atom stereocenters. The van der Waals surface area contributed by atoms with Crippen LogP contribution in [0.15, 0.2) is 35.2 Å². The maximum Gasteiger partial charge on any atom is 0.263 e. The molecule has 24 heavy (non-hydrogen) atoms. The first-order valence-corrected chi connectivity index (χ1v) is 9.21. The molecule has 0 aromatic heterocycles. The third-order valence-electron chi connectivity index (χ3n) is 3.31. The van der Waals surface area contributed by atoms with Gasteiger partial charge in [-0.1, -0.05) is 23.2 Å². The first-order valence-electron chi connectivity index (χ1n) is 6.97. The minimum absolute atomic E-state index is 0.0416. The SMILES string of the molecule is CC(=O)Nc1ccc(NS(=O)(=O)c2c(C)c(Cl)cc(C)c2Cl)cc1. The van der Waals surface area contributed by atoms with Crippen molar-refractivity contribution in [3.05, 3.63) is 51.5 Å². The lowest BCUT2D eigenvalue weighted by atomic mass is 10.2. The second kappa shape index (κ2) is 7.01. The molecule has 0 bridgehead atoms. The molecule has 0 aliphatic heterocycles. The predicted molar refractivity (Wildman–Crippen MR) is 97.5 cm³/mol. The second-order valence-corrected chi connectivity index (χ2v) is 7.71. The number of hydrogen-bond acceptors (Lipinski definition) is 3. The predicted octanol–water partition coefficient (Wildman–Crippen LogP) is 4.37. The lowest BCUT2D eigenvalue weighted by Gasteiger charge is -2.15. The Bertz CT molecular complexity index is 868. The Morgan fingerprint density at radius 1 is 1.04 bits per heavy atom. The van der Waals surface area contributed by atoms with Crippen molar-refractivity contribution in [3.8, 4) is 0 Å². The fourth-order valence-corrected chi connectivity index (χ4v) is 4.44. The standard InChI is InChI=1S/C16H16Cl2N2O3S/c1-9-8-14(17)10(2)16(15(9)18)24(22,23)20-13-6-4-12(5-7-13)19-11(3)21/h4-8,20H,1-3H3,(H,19,21). The van der Waals surface area contributed by atoms with Gasteiger partial charge in [0, 0.05) is 23.3 Å². The summed E-state index contributed by atoms with van der Waals surface area (Å²) < 4.78 is 27.8. The van der Waals surface area contributed by atoms with E-state index in [-0.39, 0.29) is 15.8 Å². The molecule has 0 heterocycles. The molecule has 0 fully saturated rings. The van der Waals surface area contributed by atoms with Crippen molar-refractivity contribution in [2.24, 2.45) is 0 Å². The number of nitrogens with one attached hydrogen (secondary N) is 2. The van der Waals surface area contributed by atoms with E-state index in [1.807, 2.05) is 0 Å². The van der Waals surface area contributed by atoms with Gasteiger partial charge in [-0.05, 0) is 55.3 Å². The molecule has 8 heteroatoms. The number of carbonyl (C=O) groups is 1. The zero-order valence-electron chi connectivity index (χ0n) is 13.3. The van der Waals surface area contributed by atoms with E-state index in [0.717, 1.165) is 0 Å². The van der Waals surface area contributed by atoms with Crippen molar-refractivity contribution < 1.29 is 13.2 Å². The molecule has 128 valence electrons. The Morgan fingerprint density at radius 2 is 1.58 bits per heavy atom. The van der Waals surface area contributed by atoms with Gasteiger partial charge in [0.05, 0.1) is 5.02 Å². The van der Waals surface area contributed by atoms with Crippen LogP contribution in [-0.4, -0.2) is 14.3 Å². The van der Waals surface area contributed by atoms with Gasteiger partial charge in [-0.3, -0.25) is 9.52 Å². The zero-order chi connectivity index (χ0) is 18.1. The van der Waals surface area contributed by atoms with Gasteiger partial charge in [0.1, 0.15) is 4.90 Å². The molecule has 0 aliphatic carbocycles. The highest BCUT2D eigenvalue weighted by atomic mass is 35.5. The molecule has 0 saturated heterocycles. The van der Waals surface area contributed by atoms with E-state index in [9.17, 15) is 13.2 Å². The Balaban J connectivity index is 2.38. The fraction of sp³-hybridized carbons (Fsp3) is 0.188. The summed E-state index contributed by atoms with van der Waals surface area (Å²) in [5.41, 5.74) is 1.87. The molecule has 0 aliphatic rings. The van der Waals surface area contributed by atoms with Gasteiger partial charge >= 0.3 is 0 Å². The van der Waals surface area contributed by atoms with Crippen molar-refractivity contribution in [1.82, 2.24) is 0 Å². The zero-order valence-corrected chi connectivity index (χ0v) is 15.6. The summed E-state index contributed by atoms with van der Waals surface area (Å²) in [6.45, 7) is 4.68. The van der Waals surface area contributed by atoms with Gasteiger partial charge in [0.15, 0.2) is 0 Å². The minimum atomic E-state index is -3.91. The van der Waals surface area contributed by atoms with Gasteiger partial charge < -0.3 is 5.32 Å². The highest BCUT2D eigenvalue weighted by Crippen LogP contribution is 2.34. The van der Waals surface area contributed by atoms with E-state index < -0.39 is 10.0 Å². The van der Waals surface area contributed by atoms with Gasteiger partial charge in [-0.2, -0.15) is 0 Å². The van der Waals surface area contributed by atoms with Crippen LogP contribution in [0.2, 0.25) is 10.0 Å². The van der Waals surface area contributed by atoms with E-state index in [1.54, 1.807) is 44.2 Å². The van der Waals surface area contributed by atoms with E-state index in [4.69, 9.17) is 23.2 Å². The van der Waals surface area contributed by atoms with Gasteiger partial charge in [-0.15, -0.1) is 0 Å². The van der Waals surface area contributed by atoms with Crippen molar-refractivity contribution >= 4 is 50.5 Å². The average Bonchev–Trinajstić information content (AvgIpc) is 2.46. The summed E-state index contributed by atoms with van der Waals surface area (Å²) in [7, 11) is -3.91. The second-order valence-electron chi connectivity index (χ2n) is 5.31. The van der Waals surface area contributed by atoms with Crippen LogP contribution in [0.25, 0.3) is 0 Å². The smallest absolute Gasteiger partial charge is 0.263 e. The number of sulfonamides is 1. The van der Waals surface area contributed by atoms with E-state index in [1.165, 1.54) is 6.92 Å². The Kier molecular flexibility index (Phi) is 5.42. The number of amides is 1. The van der Waals surface area contributed by atoms with Crippen LogP contribution in [0.4, 0.5) is 11.4 Å². The summed E-state index contributed by atoms with van der Waals surface area (Å²) in [6, 6.07) is 7.90. The van der Waals surface area contributed by atoms with Crippen LogP contribution in [0.1, 0.15) is 18.1 Å². The lowest BCUT2D eigenvalue weighted by molar-refractivity contribution is -0.114. The molecule has 2 aromatic rings. The Labute approximate surface area is 151 Å². The molecule has 2 N–H and O–H groups in total. The highest BCUT2D eigenvalue weighted by molar-refractivity contribution is 7.93. The van der Waals surface area contributed by atoms with Crippen molar-refractivity contribution in [2.75, 3.05) is 10.0 Å². The maximum absolute atomic E-state index is 12.7. The van der Waals surface area contributed by atoms with Gasteiger partial charge in [-0.25, -0.2) is 8.42 Å². The summed E-state index contributed by atoms with van der Waals surface area (Å²) in [4.78, 5) is 11.0. The molecule has 5 nitrogen and oxygen atoms in total. The first kappa shape index (κ1) is 18.6. The van der Waals surface area contributed by atoms with Crippen molar-refractivity contribution in [3.63, 3.8) is 0 Å². The molecule has 0 spiro atoms. The lowest BCUT2D eigenvalue weighted by Crippen LogP contribution is -2.15. The maximum atomic E-state index is 12.7. The topological polar surface area (TPSA) is 75.3 Å². The number of benzene rings is 2. The fourth-order valence-electron chi connectivity index (χ4n) is 2.16. The summed E-state index contributed by atoms with van der Waals surface area (Å²) in [5.74, 6) is -0.208. The number of carbonyl (C=O) groups excluding carboxylic acids is 1. The summed E-state index contributed by atoms with van der Waals surface area (Å²) in [5, 5.41) is 3.07. The molecule has 0 radical (unpaired) electrons. The highest BCUT2D eigenvalue weighted by Gasteiger charge is 2.24. The number of anilines is 2. The monoisotopic (exact) mass is 386 g/mol. The van der Waals surface area contributed by atoms with Crippen LogP contribution in [0.5, 0.6) is 0 Å². The van der Waals surface area contributed by atoms with Crippen LogP contribution in [-0.2, 0) is 14.8 Å². The normalized spacial score (nSPS) is 11.2. The molecule has 0 unspecified atom stereocenters. The Hall–Kier alpha value is -1.76.